The minimum absolute atomic E-state index is 0.284. The summed E-state index contributed by atoms with van der Waals surface area (Å²) >= 11 is 0. The SMILES string of the molecule is CCOC(=O)c1cc(-c2ccc3cnn(C)c3c2)[nH]n1. The van der Waals surface area contributed by atoms with Crippen LogP contribution in [0.25, 0.3) is 22.2 Å². The topological polar surface area (TPSA) is 72.8 Å². The van der Waals surface area contributed by atoms with Crippen molar-refractivity contribution in [1.29, 1.82) is 0 Å². The Morgan fingerprint density at radius 2 is 2.25 bits per heavy atom. The van der Waals surface area contributed by atoms with Crippen LogP contribution in [0.2, 0.25) is 0 Å². The summed E-state index contributed by atoms with van der Waals surface area (Å²) in [4.78, 5) is 11.6. The number of hydrogen-bond donors (Lipinski definition) is 1. The van der Waals surface area contributed by atoms with Gasteiger partial charge in [-0.05, 0) is 19.1 Å². The van der Waals surface area contributed by atoms with Gasteiger partial charge in [0.05, 0.1) is 24.0 Å². The third kappa shape index (κ3) is 2.05. The largest absolute Gasteiger partial charge is 0.461 e. The number of carbonyl (C=O) groups is 1. The van der Waals surface area contributed by atoms with Crippen LogP contribution in [-0.2, 0) is 11.8 Å². The average Bonchev–Trinajstić information content (AvgIpc) is 3.06. The lowest BCUT2D eigenvalue weighted by atomic mass is 10.1. The Hall–Kier alpha value is -2.63. The molecule has 6 nitrogen and oxygen atoms in total. The molecule has 0 atom stereocenters. The van der Waals surface area contributed by atoms with E-state index in [-0.39, 0.29) is 5.69 Å². The first kappa shape index (κ1) is 12.4. The Kier molecular flexibility index (Phi) is 2.98. The van der Waals surface area contributed by atoms with Crippen LogP contribution in [0.3, 0.4) is 0 Å². The van der Waals surface area contributed by atoms with E-state index in [1.807, 2.05) is 36.1 Å². The molecule has 2 heterocycles. The smallest absolute Gasteiger partial charge is 0.358 e. The summed E-state index contributed by atoms with van der Waals surface area (Å²) < 4.78 is 6.73. The predicted octanol–water partition coefficient (Wildman–Crippen LogP) is 2.14. The Bertz CT molecular complexity index is 772. The number of aromatic nitrogens is 4. The van der Waals surface area contributed by atoms with Gasteiger partial charge in [0.1, 0.15) is 0 Å². The maximum Gasteiger partial charge on any atom is 0.358 e. The zero-order valence-electron chi connectivity index (χ0n) is 11.3. The standard InChI is InChI=1S/C14H14N4O2/c1-3-20-14(19)12-7-11(16-17-12)9-4-5-10-8-15-18(2)13(10)6-9/h4-8H,3H2,1-2H3,(H,16,17). The summed E-state index contributed by atoms with van der Waals surface area (Å²) in [5.41, 5.74) is 3.03. The second kappa shape index (κ2) is 4.80. The molecule has 0 bridgehead atoms. The van der Waals surface area contributed by atoms with Crippen molar-refractivity contribution in [3.05, 3.63) is 36.2 Å². The van der Waals surface area contributed by atoms with Crippen LogP contribution in [0.1, 0.15) is 17.4 Å². The van der Waals surface area contributed by atoms with E-state index in [0.717, 1.165) is 22.2 Å². The second-order valence-corrected chi connectivity index (χ2v) is 4.43. The molecule has 0 aliphatic carbocycles. The fraction of sp³-hybridized carbons (Fsp3) is 0.214. The molecule has 20 heavy (non-hydrogen) atoms. The van der Waals surface area contributed by atoms with Gasteiger partial charge in [0.25, 0.3) is 0 Å². The van der Waals surface area contributed by atoms with E-state index in [2.05, 4.69) is 15.3 Å². The molecular weight excluding hydrogens is 256 g/mol. The number of nitrogens with zero attached hydrogens (tertiary/aromatic N) is 3. The number of H-pyrrole nitrogens is 1. The van der Waals surface area contributed by atoms with Crippen molar-refractivity contribution < 1.29 is 9.53 Å². The Morgan fingerprint density at radius 1 is 1.40 bits per heavy atom. The highest BCUT2D eigenvalue weighted by Crippen LogP contribution is 2.23. The van der Waals surface area contributed by atoms with Crippen LogP contribution in [0.4, 0.5) is 0 Å². The molecule has 3 rings (SSSR count). The molecule has 0 unspecified atom stereocenters. The second-order valence-electron chi connectivity index (χ2n) is 4.43. The highest BCUT2D eigenvalue weighted by molar-refractivity contribution is 5.89. The Labute approximate surface area is 115 Å². The third-order valence-corrected chi connectivity index (χ3v) is 3.12. The van der Waals surface area contributed by atoms with Gasteiger partial charge in [0.15, 0.2) is 5.69 Å². The molecule has 1 N–H and O–H groups in total. The lowest BCUT2D eigenvalue weighted by Crippen LogP contribution is -2.04. The quantitative estimate of drug-likeness (QED) is 0.740. The van der Waals surface area contributed by atoms with Gasteiger partial charge in [0, 0.05) is 18.0 Å². The van der Waals surface area contributed by atoms with Crippen molar-refractivity contribution in [1.82, 2.24) is 20.0 Å². The van der Waals surface area contributed by atoms with Gasteiger partial charge >= 0.3 is 5.97 Å². The van der Waals surface area contributed by atoms with E-state index in [1.165, 1.54) is 0 Å². The number of hydrogen-bond acceptors (Lipinski definition) is 4. The van der Waals surface area contributed by atoms with Crippen molar-refractivity contribution in [2.45, 2.75) is 6.92 Å². The predicted molar refractivity (Wildman–Crippen MR) is 74.3 cm³/mol. The molecule has 102 valence electrons. The minimum atomic E-state index is -0.420. The van der Waals surface area contributed by atoms with Gasteiger partial charge in [0.2, 0.25) is 0 Å². The van der Waals surface area contributed by atoms with Crippen molar-refractivity contribution in [2.75, 3.05) is 6.61 Å². The molecule has 3 aromatic rings. The summed E-state index contributed by atoms with van der Waals surface area (Å²) in [6, 6.07) is 7.65. The molecule has 1 aromatic carbocycles. The summed E-state index contributed by atoms with van der Waals surface area (Å²) in [7, 11) is 1.89. The van der Waals surface area contributed by atoms with Gasteiger partial charge in [-0.3, -0.25) is 9.78 Å². The molecule has 0 spiro atoms. The van der Waals surface area contributed by atoms with Crippen molar-refractivity contribution in [3.63, 3.8) is 0 Å². The number of aryl methyl sites for hydroxylation is 1. The fourth-order valence-electron chi connectivity index (χ4n) is 2.09. The maximum atomic E-state index is 11.6. The number of nitrogens with one attached hydrogen (secondary N) is 1. The lowest BCUT2D eigenvalue weighted by Gasteiger charge is -1.99. The molecule has 0 radical (unpaired) electrons. The molecule has 0 saturated heterocycles. The number of esters is 1. The number of rotatable bonds is 3. The first-order valence-electron chi connectivity index (χ1n) is 6.33. The van der Waals surface area contributed by atoms with Crippen molar-refractivity contribution in [2.24, 2.45) is 7.05 Å². The zero-order chi connectivity index (χ0) is 14.1. The Balaban J connectivity index is 1.98. The van der Waals surface area contributed by atoms with Gasteiger partial charge < -0.3 is 4.74 Å². The van der Waals surface area contributed by atoms with Crippen LogP contribution in [0.15, 0.2) is 30.5 Å². The summed E-state index contributed by atoms with van der Waals surface area (Å²) in [5, 5.41) is 12.1. The maximum absolute atomic E-state index is 11.6. The first-order valence-corrected chi connectivity index (χ1v) is 6.33. The lowest BCUT2D eigenvalue weighted by molar-refractivity contribution is 0.0519. The number of ether oxygens (including phenoxy) is 1. The molecule has 0 fully saturated rings. The first-order chi connectivity index (χ1) is 9.69. The van der Waals surface area contributed by atoms with E-state index in [1.54, 1.807) is 13.0 Å². The third-order valence-electron chi connectivity index (χ3n) is 3.12. The van der Waals surface area contributed by atoms with Crippen molar-refractivity contribution >= 4 is 16.9 Å². The molecule has 0 aliphatic heterocycles. The summed E-state index contributed by atoms with van der Waals surface area (Å²) in [5.74, 6) is -0.420. The van der Waals surface area contributed by atoms with E-state index in [4.69, 9.17) is 4.74 Å². The van der Waals surface area contributed by atoms with E-state index < -0.39 is 5.97 Å². The summed E-state index contributed by atoms with van der Waals surface area (Å²) in [6.07, 6.45) is 1.82. The van der Waals surface area contributed by atoms with Crippen LogP contribution >= 0.6 is 0 Å². The number of benzene rings is 1. The normalized spacial score (nSPS) is 10.9. The van der Waals surface area contributed by atoms with Gasteiger partial charge in [-0.2, -0.15) is 10.2 Å². The highest BCUT2D eigenvalue weighted by Gasteiger charge is 2.12. The van der Waals surface area contributed by atoms with E-state index >= 15 is 0 Å². The average molecular weight is 270 g/mol. The van der Waals surface area contributed by atoms with Crippen molar-refractivity contribution in [3.8, 4) is 11.3 Å². The molecular formula is C14H14N4O2. The number of carbonyl (C=O) groups excluding carboxylic acids is 1. The van der Waals surface area contributed by atoms with Gasteiger partial charge in [-0.25, -0.2) is 4.79 Å². The Morgan fingerprint density at radius 3 is 3.05 bits per heavy atom. The summed E-state index contributed by atoms with van der Waals surface area (Å²) in [6.45, 7) is 2.10. The van der Waals surface area contributed by atoms with Crippen LogP contribution in [0, 0.1) is 0 Å². The molecule has 2 aromatic heterocycles. The molecule has 0 saturated carbocycles. The van der Waals surface area contributed by atoms with E-state index in [0.29, 0.717) is 6.61 Å². The number of fused-ring (bicyclic) bond motifs is 1. The fourth-order valence-corrected chi connectivity index (χ4v) is 2.09. The number of aromatic amines is 1. The van der Waals surface area contributed by atoms with E-state index in [9.17, 15) is 4.79 Å². The molecule has 6 heteroatoms. The zero-order valence-corrected chi connectivity index (χ0v) is 11.3. The van der Waals surface area contributed by atoms with Crippen LogP contribution in [0.5, 0.6) is 0 Å². The highest BCUT2D eigenvalue weighted by atomic mass is 16.5. The molecule has 0 amide bonds. The van der Waals surface area contributed by atoms with Gasteiger partial charge in [-0.15, -0.1) is 0 Å². The van der Waals surface area contributed by atoms with Crippen LogP contribution < -0.4 is 0 Å². The van der Waals surface area contributed by atoms with Crippen LogP contribution in [-0.4, -0.2) is 32.6 Å². The molecule has 0 aliphatic rings. The minimum Gasteiger partial charge on any atom is -0.461 e. The van der Waals surface area contributed by atoms with Gasteiger partial charge in [-0.1, -0.05) is 12.1 Å². The monoisotopic (exact) mass is 270 g/mol.